The topological polar surface area (TPSA) is 38.5 Å². The van der Waals surface area contributed by atoms with E-state index in [4.69, 9.17) is 10.5 Å². The van der Waals surface area contributed by atoms with Crippen molar-refractivity contribution in [1.82, 2.24) is 4.90 Å². The molecule has 0 aromatic rings. The Morgan fingerprint density at radius 2 is 2.05 bits per heavy atom. The Bertz CT molecular complexity index is 279. The third kappa shape index (κ3) is 3.93. The van der Waals surface area contributed by atoms with Gasteiger partial charge in [0, 0.05) is 25.1 Å². The first-order valence-electron chi connectivity index (χ1n) is 7.95. The third-order valence-electron chi connectivity index (χ3n) is 5.22. The molecule has 2 atom stereocenters. The summed E-state index contributed by atoms with van der Waals surface area (Å²) in [7, 11) is 0. The van der Waals surface area contributed by atoms with Gasteiger partial charge < -0.3 is 15.4 Å². The van der Waals surface area contributed by atoms with E-state index in [1.807, 2.05) is 0 Å². The van der Waals surface area contributed by atoms with Gasteiger partial charge in [0.2, 0.25) is 0 Å². The predicted octanol–water partition coefficient (Wildman–Crippen LogP) is 2.50. The van der Waals surface area contributed by atoms with E-state index in [0.717, 1.165) is 38.6 Å². The maximum Gasteiger partial charge on any atom is 0.0547 e. The molecule has 0 aromatic heterocycles. The molecular formula is C16H32N2O. The lowest BCUT2D eigenvalue weighted by atomic mass is 9.77. The van der Waals surface area contributed by atoms with Gasteiger partial charge in [-0.15, -0.1) is 0 Å². The van der Waals surface area contributed by atoms with Crippen LogP contribution in [0.15, 0.2) is 0 Å². The Labute approximate surface area is 118 Å². The summed E-state index contributed by atoms with van der Waals surface area (Å²) in [6.07, 6.45) is 5.20. The molecule has 0 aliphatic carbocycles. The van der Waals surface area contributed by atoms with Crippen LogP contribution in [0.3, 0.4) is 0 Å². The van der Waals surface area contributed by atoms with Crippen LogP contribution in [-0.4, -0.2) is 44.3 Å². The van der Waals surface area contributed by atoms with Crippen molar-refractivity contribution in [3.63, 3.8) is 0 Å². The molecule has 3 nitrogen and oxygen atoms in total. The summed E-state index contributed by atoms with van der Waals surface area (Å²) in [6, 6.07) is 0. The molecule has 19 heavy (non-hydrogen) atoms. The number of nitrogens with zero attached hydrogens (tertiary/aromatic N) is 1. The summed E-state index contributed by atoms with van der Waals surface area (Å²) >= 11 is 0. The first-order valence-corrected chi connectivity index (χ1v) is 7.95. The van der Waals surface area contributed by atoms with Crippen LogP contribution in [0.25, 0.3) is 0 Å². The van der Waals surface area contributed by atoms with Crippen molar-refractivity contribution in [1.29, 1.82) is 0 Å². The number of nitrogens with two attached hydrogens (primary N) is 1. The molecule has 2 heterocycles. The first kappa shape index (κ1) is 15.3. The van der Waals surface area contributed by atoms with Crippen molar-refractivity contribution in [3.8, 4) is 0 Å². The minimum Gasteiger partial charge on any atom is -0.381 e. The molecule has 0 bridgehead atoms. The molecule has 3 heteroatoms. The summed E-state index contributed by atoms with van der Waals surface area (Å²) in [4.78, 5) is 2.65. The van der Waals surface area contributed by atoms with E-state index in [1.54, 1.807) is 0 Å². The largest absolute Gasteiger partial charge is 0.381 e. The fourth-order valence-electron chi connectivity index (χ4n) is 3.65. The first-order chi connectivity index (χ1) is 8.95. The zero-order valence-electron chi connectivity index (χ0n) is 13.1. The quantitative estimate of drug-likeness (QED) is 0.854. The minimum atomic E-state index is 0.238. The molecule has 0 aromatic carbocycles. The van der Waals surface area contributed by atoms with Crippen LogP contribution < -0.4 is 5.73 Å². The number of hydrogen-bond acceptors (Lipinski definition) is 3. The van der Waals surface area contributed by atoms with Crippen LogP contribution in [0.2, 0.25) is 0 Å². The van der Waals surface area contributed by atoms with Crippen LogP contribution in [0.4, 0.5) is 0 Å². The lowest BCUT2D eigenvalue weighted by Crippen LogP contribution is -2.43. The molecule has 2 fully saturated rings. The Kier molecular flexibility index (Phi) is 4.91. The molecule has 2 aliphatic rings. The van der Waals surface area contributed by atoms with E-state index >= 15 is 0 Å². The van der Waals surface area contributed by atoms with E-state index in [2.05, 4.69) is 25.7 Å². The zero-order valence-corrected chi connectivity index (χ0v) is 13.1. The van der Waals surface area contributed by atoms with Gasteiger partial charge in [-0.3, -0.25) is 0 Å². The summed E-state index contributed by atoms with van der Waals surface area (Å²) in [5, 5.41) is 0. The van der Waals surface area contributed by atoms with E-state index in [0.29, 0.717) is 5.41 Å². The average Bonchev–Trinajstić information content (AvgIpc) is 2.67. The van der Waals surface area contributed by atoms with Gasteiger partial charge in [-0.05, 0) is 50.1 Å². The van der Waals surface area contributed by atoms with Gasteiger partial charge in [0.25, 0.3) is 0 Å². The molecule has 0 spiro atoms. The van der Waals surface area contributed by atoms with Crippen molar-refractivity contribution in [2.24, 2.45) is 22.5 Å². The second kappa shape index (κ2) is 6.11. The second-order valence-electron chi connectivity index (χ2n) is 7.78. The number of hydrogen-bond donors (Lipinski definition) is 1. The molecule has 2 N–H and O–H groups in total. The minimum absolute atomic E-state index is 0.238. The molecule has 0 radical (unpaired) electrons. The van der Waals surface area contributed by atoms with Crippen molar-refractivity contribution in [2.75, 3.05) is 39.4 Å². The van der Waals surface area contributed by atoms with Gasteiger partial charge in [0.1, 0.15) is 0 Å². The Morgan fingerprint density at radius 1 is 1.26 bits per heavy atom. The molecule has 112 valence electrons. The van der Waals surface area contributed by atoms with E-state index in [1.165, 1.54) is 32.4 Å². The lowest BCUT2D eigenvalue weighted by Gasteiger charge is -2.33. The highest BCUT2D eigenvalue weighted by atomic mass is 16.5. The second-order valence-corrected chi connectivity index (χ2v) is 7.78. The van der Waals surface area contributed by atoms with Crippen LogP contribution >= 0.6 is 0 Å². The van der Waals surface area contributed by atoms with Crippen molar-refractivity contribution in [2.45, 2.75) is 46.5 Å². The molecular weight excluding hydrogens is 236 g/mol. The Hall–Kier alpha value is -0.120. The SMILES string of the molecule is CC(C)(C)C1CCCN(CC2(CN)CCOC2)CC1. The number of ether oxygens (including phenoxy) is 1. The van der Waals surface area contributed by atoms with Crippen molar-refractivity contribution in [3.05, 3.63) is 0 Å². The molecule has 2 unspecified atom stereocenters. The highest BCUT2D eigenvalue weighted by Crippen LogP contribution is 2.35. The standard InChI is InChI=1S/C16H32N2O/c1-15(2,3)14-5-4-8-18(9-6-14)12-16(11-17)7-10-19-13-16/h14H,4-13,17H2,1-3H3. The van der Waals surface area contributed by atoms with Gasteiger partial charge in [-0.2, -0.15) is 0 Å². The lowest BCUT2D eigenvalue weighted by molar-refractivity contribution is 0.114. The van der Waals surface area contributed by atoms with Crippen molar-refractivity contribution < 1.29 is 4.74 Å². The summed E-state index contributed by atoms with van der Waals surface area (Å²) in [6.45, 7) is 13.3. The number of rotatable bonds is 3. The molecule has 2 saturated heterocycles. The van der Waals surface area contributed by atoms with Crippen molar-refractivity contribution >= 4 is 0 Å². The summed E-state index contributed by atoms with van der Waals surface area (Å²) in [5.74, 6) is 0.867. The van der Waals surface area contributed by atoms with E-state index < -0.39 is 0 Å². The predicted molar refractivity (Wildman–Crippen MR) is 80.2 cm³/mol. The zero-order chi connectivity index (χ0) is 13.9. The molecule has 2 rings (SSSR count). The highest BCUT2D eigenvalue weighted by Gasteiger charge is 2.36. The Morgan fingerprint density at radius 3 is 2.63 bits per heavy atom. The summed E-state index contributed by atoms with van der Waals surface area (Å²) in [5.41, 5.74) is 6.71. The van der Waals surface area contributed by atoms with E-state index in [9.17, 15) is 0 Å². The molecule has 2 aliphatic heterocycles. The summed E-state index contributed by atoms with van der Waals surface area (Å²) < 4.78 is 5.59. The maximum atomic E-state index is 6.01. The van der Waals surface area contributed by atoms with Crippen LogP contribution in [0.5, 0.6) is 0 Å². The monoisotopic (exact) mass is 268 g/mol. The third-order valence-corrected chi connectivity index (χ3v) is 5.22. The van der Waals surface area contributed by atoms with Gasteiger partial charge in [-0.25, -0.2) is 0 Å². The smallest absolute Gasteiger partial charge is 0.0547 e. The van der Waals surface area contributed by atoms with E-state index in [-0.39, 0.29) is 5.41 Å². The van der Waals surface area contributed by atoms with Gasteiger partial charge in [0.15, 0.2) is 0 Å². The van der Waals surface area contributed by atoms with Crippen LogP contribution in [0, 0.1) is 16.7 Å². The van der Waals surface area contributed by atoms with Gasteiger partial charge in [0.05, 0.1) is 6.61 Å². The van der Waals surface area contributed by atoms with Gasteiger partial charge >= 0.3 is 0 Å². The van der Waals surface area contributed by atoms with Gasteiger partial charge in [-0.1, -0.05) is 20.8 Å². The fraction of sp³-hybridized carbons (Fsp3) is 1.00. The maximum absolute atomic E-state index is 6.01. The van der Waals surface area contributed by atoms with Crippen LogP contribution in [-0.2, 0) is 4.74 Å². The Balaban J connectivity index is 1.89. The number of likely N-dealkylation sites (tertiary alicyclic amines) is 1. The average molecular weight is 268 g/mol. The van der Waals surface area contributed by atoms with Crippen LogP contribution in [0.1, 0.15) is 46.5 Å². The fourth-order valence-corrected chi connectivity index (χ4v) is 3.65. The normalized spacial score (nSPS) is 34.4. The highest BCUT2D eigenvalue weighted by molar-refractivity contribution is 4.89. The molecule has 0 saturated carbocycles. The molecule has 0 amide bonds.